The first-order chi connectivity index (χ1) is 15.1. The molecular formula is C24H27N3O2S2. The van der Waals surface area contributed by atoms with E-state index >= 15 is 0 Å². The molecule has 162 valence electrons. The second kappa shape index (κ2) is 9.85. The Bertz CT molecular complexity index is 1180. The summed E-state index contributed by atoms with van der Waals surface area (Å²) in [6, 6.07) is 14.3. The Morgan fingerprint density at radius 1 is 1.13 bits per heavy atom. The second-order valence-corrected chi connectivity index (χ2v) is 9.48. The minimum absolute atomic E-state index is 0.144. The second-order valence-electron chi connectivity index (χ2n) is 7.51. The number of benzene rings is 1. The third kappa shape index (κ3) is 4.79. The van der Waals surface area contributed by atoms with Crippen molar-refractivity contribution in [2.75, 3.05) is 19.5 Å². The Hall–Kier alpha value is -2.35. The summed E-state index contributed by atoms with van der Waals surface area (Å²) in [7, 11) is 1.70. The first-order valence-electron chi connectivity index (χ1n) is 10.4. The van der Waals surface area contributed by atoms with E-state index in [9.17, 15) is 4.79 Å². The summed E-state index contributed by atoms with van der Waals surface area (Å²) in [6.07, 6.45) is 0.986. The molecule has 0 atom stereocenters. The van der Waals surface area contributed by atoms with Gasteiger partial charge in [-0.1, -0.05) is 30.0 Å². The molecule has 0 saturated carbocycles. The monoisotopic (exact) mass is 453 g/mol. The summed E-state index contributed by atoms with van der Waals surface area (Å²) in [5, 5.41) is 2.97. The Kier molecular flexibility index (Phi) is 6.95. The van der Waals surface area contributed by atoms with Gasteiger partial charge in [0.1, 0.15) is 0 Å². The Morgan fingerprint density at radius 3 is 2.74 bits per heavy atom. The molecule has 0 N–H and O–H groups in total. The van der Waals surface area contributed by atoms with Gasteiger partial charge in [-0.15, -0.1) is 11.3 Å². The van der Waals surface area contributed by atoms with Crippen LogP contribution >= 0.6 is 23.1 Å². The number of aryl methyl sites for hydroxylation is 2. The average molecular weight is 454 g/mol. The number of carbonyl (C=O) groups excluding carboxylic acids is 1. The van der Waals surface area contributed by atoms with Gasteiger partial charge >= 0.3 is 0 Å². The molecule has 0 saturated heterocycles. The molecule has 31 heavy (non-hydrogen) atoms. The number of aromatic nitrogens is 3. The van der Waals surface area contributed by atoms with Crippen LogP contribution in [0.5, 0.6) is 0 Å². The number of para-hydroxylation sites is 2. The van der Waals surface area contributed by atoms with Crippen molar-refractivity contribution in [3.8, 4) is 0 Å². The van der Waals surface area contributed by atoms with Gasteiger partial charge in [-0.2, -0.15) is 0 Å². The molecule has 0 amide bonds. The highest BCUT2D eigenvalue weighted by atomic mass is 32.2. The third-order valence-electron chi connectivity index (χ3n) is 5.51. The summed E-state index contributed by atoms with van der Waals surface area (Å²) >= 11 is 3.28. The van der Waals surface area contributed by atoms with Crippen LogP contribution in [-0.4, -0.2) is 39.4 Å². The van der Waals surface area contributed by atoms with E-state index in [1.165, 1.54) is 16.6 Å². The van der Waals surface area contributed by atoms with E-state index < -0.39 is 0 Å². The zero-order chi connectivity index (χ0) is 21.8. The van der Waals surface area contributed by atoms with Crippen LogP contribution in [0.3, 0.4) is 0 Å². The Labute approximate surface area is 191 Å². The van der Waals surface area contributed by atoms with Gasteiger partial charge in [0, 0.05) is 42.0 Å². The molecule has 4 rings (SSSR count). The quantitative estimate of drug-likeness (QED) is 0.239. The van der Waals surface area contributed by atoms with Crippen molar-refractivity contribution in [2.24, 2.45) is 0 Å². The van der Waals surface area contributed by atoms with E-state index in [1.54, 1.807) is 18.4 Å². The number of ether oxygens (including phenoxy) is 1. The lowest BCUT2D eigenvalue weighted by Gasteiger charge is -2.09. The molecule has 3 aromatic heterocycles. The van der Waals surface area contributed by atoms with Gasteiger partial charge in [0.05, 0.1) is 23.4 Å². The number of thiophene rings is 1. The van der Waals surface area contributed by atoms with E-state index in [4.69, 9.17) is 9.72 Å². The van der Waals surface area contributed by atoms with E-state index in [2.05, 4.69) is 39.6 Å². The van der Waals surface area contributed by atoms with Gasteiger partial charge < -0.3 is 13.9 Å². The Balaban J connectivity index is 1.48. The standard InChI is InChI=1S/C24H27N3O2S2/c1-17-15-20(18(2)26(17)11-10-19-7-6-14-30-19)23(28)16-31-24-25-21-8-4-5-9-22(21)27(24)12-13-29-3/h4-9,14-15H,10-13,16H2,1-3H3. The number of hydrogen-bond donors (Lipinski definition) is 0. The minimum atomic E-state index is 0.144. The number of rotatable bonds is 10. The molecule has 0 aliphatic heterocycles. The number of methoxy groups -OCH3 is 1. The van der Waals surface area contributed by atoms with Crippen LogP contribution in [0.1, 0.15) is 26.6 Å². The average Bonchev–Trinajstić information content (AvgIpc) is 3.47. The molecule has 0 aliphatic carbocycles. The van der Waals surface area contributed by atoms with Crippen LogP contribution in [-0.2, 0) is 24.2 Å². The van der Waals surface area contributed by atoms with Crippen molar-refractivity contribution < 1.29 is 9.53 Å². The maximum atomic E-state index is 13.1. The zero-order valence-electron chi connectivity index (χ0n) is 18.1. The predicted octanol–water partition coefficient (Wildman–Crippen LogP) is 5.38. The normalized spacial score (nSPS) is 11.5. The largest absolute Gasteiger partial charge is 0.383 e. The lowest BCUT2D eigenvalue weighted by atomic mass is 10.2. The smallest absolute Gasteiger partial charge is 0.175 e. The molecule has 0 unspecified atom stereocenters. The van der Waals surface area contributed by atoms with Crippen molar-refractivity contribution in [1.82, 2.24) is 14.1 Å². The fourth-order valence-corrected chi connectivity index (χ4v) is 5.50. The van der Waals surface area contributed by atoms with E-state index in [-0.39, 0.29) is 5.78 Å². The third-order valence-corrected chi connectivity index (χ3v) is 7.42. The number of imidazole rings is 1. The predicted molar refractivity (Wildman–Crippen MR) is 129 cm³/mol. The molecule has 0 aliphatic rings. The molecule has 5 nitrogen and oxygen atoms in total. The van der Waals surface area contributed by atoms with Gasteiger partial charge in [0.25, 0.3) is 0 Å². The number of carbonyl (C=O) groups is 1. The van der Waals surface area contributed by atoms with Crippen molar-refractivity contribution >= 4 is 39.9 Å². The number of nitrogens with zero attached hydrogens (tertiary/aromatic N) is 3. The van der Waals surface area contributed by atoms with Crippen LogP contribution < -0.4 is 0 Å². The van der Waals surface area contributed by atoms with Crippen molar-refractivity contribution in [3.63, 3.8) is 0 Å². The maximum Gasteiger partial charge on any atom is 0.175 e. The fraction of sp³-hybridized carbons (Fsp3) is 0.333. The molecule has 3 heterocycles. The molecule has 0 spiro atoms. The molecule has 0 bridgehead atoms. The molecule has 0 fully saturated rings. The van der Waals surface area contributed by atoms with Gasteiger partial charge in [0.2, 0.25) is 0 Å². The SMILES string of the molecule is COCCn1c(SCC(=O)c2cc(C)n(CCc3cccs3)c2C)nc2ccccc21. The van der Waals surface area contributed by atoms with E-state index in [1.807, 2.05) is 31.2 Å². The number of Topliss-reactive ketones (excluding diaryl/α,β-unsaturated/α-hetero) is 1. The topological polar surface area (TPSA) is 49.0 Å². The van der Waals surface area contributed by atoms with Crippen molar-refractivity contribution in [2.45, 2.75) is 38.5 Å². The van der Waals surface area contributed by atoms with Crippen molar-refractivity contribution in [1.29, 1.82) is 0 Å². The highest BCUT2D eigenvalue weighted by Gasteiger charge is 2.18. The highest BCUT2D eigenvalue weighted by Crippen LogP contribution is 2.26. The summed E-state index contributed by atoms with van der Waals surface area (Å²) in [5.41, 5.74) is 5.01. The highest BCUT2D eigenvalue weighted by molar-refractivity contribution is 7.99. The van der Waals surface area contributed by atoms with E-state index in [0.29, 0.717) is 18.9 Å². The fourth-order valence-electron chi connectivity index (χ4n) is 3.87. The number of ketones is 1. The van der Waals surface area contributed by atoms with Crippen LogP contribution in [0.25, 0.3) is 11.0 Å². The van der Waals surface area contributed by atoms with Gasteiger partial charge in [-0.05, 0) is 49.9 Å². The molecule has 4 aromatic rings. The molecular weight excluding hydrogens is 426 g/mol. The molecule has 1 aromatic carbocycles. The minimum Gasteiger partial charge on any atom is -0.383 e. The lowest BCUT2D eigenvalue weighted by molar-refractivity contribution is 0.102. The van der Waals surface area contributed by atoms with Crippen LogP contribution in [0.4, 0.5) is 0 Å². The van der Waals surface area contributed by atoms with Gasteiger partial charge in [-0.25, -0.2) is 4.98 Å². The van der Waals surface area contributed by atoms with Crippen LogP contribution in [0.2, 0.25) is 0 Å². The zero-order valence-corrected chi connectivity index (χ0v) is 19.8. The first-order valence-corrected chi connectivity index (χ1v) is 12.2. The van der Waals surface area contributed by atoms with E-state index in [0.717, 1.165) is 46.1 Å². The van der Waals surface area contributed by atoms with Gasteiger partial charge in [-0.3, -0.25) is 4.79 Å². The van der Waals surface area contributed by atoms with Crippen LogP contribution in [0.15, 0.2) is 53.0 Å². The maximum absolute atomic E-state index is 13.1. The Morgan fingerprint density at radius 2 is 1.97 bits per heavy atom. The first kappa shape index (κ1) is 21.9. The molecule has 7 heteroatoms. The summed E-state index contributed by atoms with van der Waals surface area (Å²) in [5.74, 6) is 0.511. The number of fused-ring (bicyclic) bond motifs is 1. The van der Waals surface area contributed by atoms with Gasteiger partial charge in [0.15, 0.2) is 10.9 Å². The molecule has 0 radical (unpaired) electrons. The summed E-state index contributed by atoms with van der Waals surface area (Å²) in [4.78, 5) is 19.2. The lowest BCUT2D eigenvalue weighted by Crippen LogP contribution is -2.09. The number of thioether (sulfide) groups is 1. The van der Waals surface area contributed by atoms with Crippen molar-refractivity contribution in [3.05, 3.63) is 69.7 Å². The van der Waals surface area contributed by atoms with Crippen LogP contribution in [0, 0.1) is 13.8 Å². The number of hydrogen-bond acceptors (Lipinski definition) is 5. The summed E-state index contributed by atoms with van der Waals surface area (Å²) in [6.45, 7) is 6.34. The summed E-state index contributed by atoms with van der Waals surface area (Å²) < 4.78 is 9.66.